The predicted octanol–water partition coefficient (Wildman–Crippen LogP) is 2.92. The zero-order valence-corrected chi connectivity index (χ0v) is 7.07. The largest absolute Gasteiger partial charge is 0.355 e. The van der Waals surface area contributed by atoms with Gasteiger partial charge in [0.25, 0.3) is 0 Å². The van der Waals surface area contributed by atoms with Gasteiger partial charge in [-0.3, -0.25) is 0 Å². The van der Waals surface area contributed by atoms with Crippen LogP contribution in [0.4, 0.5) is 0 Å². The number of hydrogen-bond donors (Lipinski definition) is 1. The lowest BCUT2D eigenvalue weighted by molar-refractivity contribution is 1.32. The van der Waals surface area contributed by atoms with E-state index in [9.17, 15) is 0 Å². The topological polar surface area (TPSA) is 15.8 Å². The van der Waals surface area contributed by atoms with Gasteiger partial charge in [-0.15, -0.1) is 0 Å². The van der Waals surface area contributed by atoms with Gasteiger partial charge in [-0.2, -0.15) is 0 Å². The molecule has 1 N–H and O–H groups in total. The number of rotatable bonds is 2. The van der Waals surface area contributed by atoms with E-state index in [-0.39, 0.29) is 0 Å². The van der Waals surface area contributed by atoms with E-state index in [2.05, 4.69) is 32.0 Å². The van der Waals surface area contributed by atoms with Crippen LogP contribution in [0.15, 0.2) is 13.2 Å². The van der Waals surface area contributed by atoms with Crippen molar-refractivity contribution in [1.82, 2.24) is 4.98 Å². The molecule has 0 fully saturated rings. The van der Waals surface area contributed by atoms with E-state index >= 15 is 0 Å². The molecular formula is C10H13N. The van der Waals surface area contributed by atoms with Crippen molar-refractivity contribution in [3.05, 3.63) is 35.7 Å². The highest BCUT2D eigenvalue weighted by Gasteiger charge is 2.04. The summed E-state index contributed by atoms with van der Waals surface area (Å²) in [5.41, 5.74) is 4.71. The van der Waals surface area contributed by atoms with Crippen LogP contribution in [0, 0.1) is 13.8 Å². The normalized spacial score (nSPS) is 9.64. The second-order valence-electron chi connectivity index (χ2n) is 2.61. The molecule has 0 saturated carbocycles. The molecule has 0 spiro atoms. The zero-order chi connectivity index (χ0) is 8.43. The van der Waals surface area contributed by atoms with Gasteiger partial charge in [-0.05, 0) is 37.1 Å². The summed E-state index contributed by atoms with van der Waals surface area (Å²) >= 11 is 0. The molecule has 0 bridgehead atoms. The molecule has 0 radical (unpaired) electrons. The Morgan fingerprint density at radius 3 is 1.55 bits per heavy atom. The van der Waals surface area contributed by atoms with Crippen LogP contribution < -0.4 is 0 Å². The third kappa shape index (κ3) is 1.14. The fourth-order valence-electron chi connectivity index (χ4n) is 1.14. The van der Waals surface area contributed by atoms with Gasteiger partial charge in [-0.25, -0.2) is 0 Å². The lowest BCUT2D eigenvalue weighted by Crippen LogP contribution is -1.74. The first-order valence-corrected chi connectivity index (χ1v) is 3.64. The number of aromatic nitrogens is 1. The number of nitrogens with one attached hydrogen (secondary N) is 1. The fourth-order valence-corrected chi connectivity index (χ4v) is 1.14. The van der Waals surface area contributed by atoms with Gasteiger partial charge in [-0.1, -0.05) is 13.2 Å². The predicted molar refractivity (Wildman–Crippen MR) is 50.4 cm³/mol. The van der Waals surface area contributed by atoms with Crippen LogP contribution in [0.5, 0.6) is 0 Å². The van der Waals surface area contributed by atoms with Crippen LogP contribution >= 0.6 is 0 Å². The molecule has 0 unspecified atom stereocenters. The SMILES string of the molecule is C=Cc1[nH]c(C=C)c(C)c1C. The Kier molecular flexibility index (Phi) is 1.99. The van der Waals surface area contributed by atoms with Gasteiger partial charge in [0.1, 0.15) is 0 Å². The molecule has 1 heterocycles. The molecule has 1 aromatic rings. The van der Waals surface area contributed by atoms with Gasteiger partial charge in [0.15, 0.2) is 0 Å². The summed E-state index contributed by atoms with van der Waals surface area (Å²) in [5, 5.41) is 0. The second kappa shape index (κ2) is 2.79. The first-order chi connectivity index (χ1) is 5.20. The summed E-state index contributed by atoms with van der Waals surface area (Å²) in [6, 6.07) is 0. The van der Waals surface area contributed by atoms with Crippen molar-refractivity contribution >= 4 is 12.2 Å². The molecule has 58 valence electrons. The Bertz CT molecular complexity index is 264. The lowest BCUT2D eigenvalue weighted by atomic mass is 10.1. The van der Waals surface area contributed by atoms with Gasteiger partial charge in [0, 0.05) is 11.4 Å². The van der Waals surface area contributed by atoms with Crippen LogP contribution in [0.1, 0.15) is 22.5 Å². The van der Waals surface area contributed by atoms with E-state index < -0.39 is 0 Å². The average molecular weight is 147 g/mol. The van der Waals surface area contributed by atoms with Gasteiger partial charge >= 0.3 is 0 Å². The molecule has 0 atom stereocenters. The van der Waals surface area contributed by atoms with Crippen molar-refractivity contribution in [2.24, 2.45) is 0 Å². The number of hydrogen-bond acceptors (Lipinski definition) is 0. The standard InChI is InChI=1S/C10H13N/c1-5-9-7(3)8(4)10(6-2)11-9/h5-6,11H,1-2H2,3-4H3. The summed E-state index contributed by atoms with van der Waals surface area (Å²) in [4.78, 5) is 3.21. The van der Waals surface area contributed by atoms with Crippen molar-refractivity contribution in [3.63, 3.8) is 0 Å². The summed E-state index contributed by atoms with van der Waals surface area (Å²) < 4.78 is 0. The van der Waals surface area contributed by atoms with Crippen molar-refractivity contribution in [3.8, 4) is 0 Å². The molecule has 0 saturated heterocycles. The van der Waals surface area contributed by atoms with Crippen molar-refractivity contribution < 1.29 is 0 Å². The first-order valence-electron chi connectivity index (χ1n) is 3.64. The van der Waals surface area contributed by atoms with Crippen LogP contribution in [0.2, 0.25) is 0 Å². The van der Waals surface area contributed by atoms with Gasteiger partial charge < -0.3 is 4.98 Å². The summed E-state index contributed by atoms with van der Waals surface area (Å²) in [6.45, 7) is 11.6. The summed E-state index contributed by atoms with van der Waals surface area (Å²) in [5.74, 6) is 0. The zero-order valence-electron chi connectivity index (χ0n) is 7.07. The Labute approximate surface area is 67.5 Å². The van der Waals surface area contributed by atoms with Crippen LogP contribution in [0.25, 0.3) is 12.2 Å². The minimum absolute atomic E-state index is 1.09. The maximum absolute atomic E-state index is 3.71. The van der Waals surface area contributed by atoms with Gasteiger partial charge in [0.2, 0.25) is 0 Å². The quantitative estimate of drug-likeness (QED) is 0.662. The number of aromatic amines is 1. The lowest BCUT2D eigenvalue weighted by Gasteiger charge is -1.89. The Balaban J connectivity index is 3.33. The average Bonchev–Trinajstić information content (AvgIpc) is 2.30. The molecule has 1 rings (SSSR count). The molecular weight excluding hydrogens is 134 g/mol. The van der Waals surface area contributed by atoms with E-state index in [1.54, 1.807) is 0 Å². The third-order valence-corrected chi connectivity index (χ3v) is 2.05. The Hall–Kier alpha value is -1.24. The highest BCUT2D eigenvalue weighted by atomic mass is 14.7. The maximum atomic E-state index is 3.71. The molecule has 1 aromatic heterocycles. The molecule has 0 aliphatic heterocycles. The molecule has 0 aliphatic rings. The minimum atomic E-state index is 1.09. The smallest absolute Gasteiger partial charge is 0.0411 e. The van der Waals surface area contributed by atoms with E-state index in [0.717, 1.165) is 11.4 Å². The van der Waals surface area contributed by atoms with Gasteiger partial charge in [0.05, 0.1) is 0 Å². The van der Waals surface area contributed by atoms with Crippen LogP contribution in [-0.4, -0.2) is 4.98 Å². The molecule has 0 aromatic carbocycles. The Morgan fingerprint density at radius 1 is 1.00 bits per heavy atom. The molecule has 11 heavy (non-hydrogen) atoms. The second-order valence-corrected chi connectivity index (χ2v) is 2.61. The van der Waals surface area contributed by atoms with Crippen LogP contribution in [-0.2, 0) is 0 Å². The third-order valence-electron chi connectivity index (χ3n) is 2.05. The van der Waals surface area contributed by atoms with E-state index in [4.69, 9.17) is 0 Å². The fraction of sp³-hybridized carbons (Fsp3) is 0.200. The maximum Gasteiger partial charge on any atom is 0.0411 e. The van der Waals surface area contributed by atoms with E-state index in [1.165, 1.54) is 11.1 Å². The number of H-pyrrole nitrogens is 1. The highest BCUT2D eigenvalue weighted by molar-refractivity contribution is 5.59. The summed E-state index contributed by atoms with van der Waals surface area (Å²) in [6.07, 6.45) is 3.66. The Morgan fingerprint density at radius 2 is 1.36 bits per heavy atom. The van der Waals surface area contributed by atoms with E-state index in [0.29, 0.717) is 0 Å². The molecule has 1 heteroatoms. The molecule has 0 amide bonds. The van der Waals surface area contributed by atoms with Crippen molar-refractivity contribution in [1.29, 1.82) is 0 Å². The van der Waals surface area contributed by atoms with Crippen LogP contribution in [0.3, 0.4) is 0 Å². The van der Waals surface area contributed by atoms with Crippen molar-refractivity contribution in [2.45, 2.75) is 13.8 Å². The molecule has 1 nitrogen and oxygen atoms in total. The monoisotopic (exact) mass is 147 g/mol. The van der Waals surface area contributed by atoms with E-state index in [1.807, 2.05) is 12.2 Å². The summed E-state index contributed by atoms with van der Waals surface area (Å²) in [7, 11) is 0. The first kappa shape index (κ1) is 7.86. The minimum Gasteiger partial charge on any atom is -0.355 e. The molecule has 0 aliphatic carbocycles. The van der Waals surface area contributed by atoms with Crippen molar-refractivity contribution in [2.75, 3.05) is 0 Å². The highest BCUT2D eigenvalue weighted by Crippen LogP contribution is 2.18.